The Morgan fingerprint density at radius 1 is 0.304 bits per heavy atom. The SMILES string of the molecule is CCCCCCCCCCCCCCCCCC(=O)OCC(COC(=O)CCCCCCCCCCCCCCCCC)OC(=O)CCCCCCCCCCCCCCCCC.OCC(O)CO. The number of carbonyl (C=O) groups is 3. The lowest BCUT2D eigenvalue weighted by Crippen LogP contribution is -2.30. The van der Waals surface area contributed by atoms with E-state index in [0.29, 0.717) is 19.3 Å². The number of aliphatic hydroxyl groups is 3. The Morgan fingerprint density at radius 2 is 0.493 bits per heavy atom. The predicted molar refractivity (Wildman–Crippen MR) is 291 cm³/mol. The van der Waals surface area contributed by atoms with E-state index in [4.69, 9.17) is 29.5 Å². The topological polar surface area (TPSA) is 140 Å². The van der Waals surface area contributed by atoms with Gasteiger partial charge in [-0.15, -0.1) is 0 Å². The van der Waals surface area contributed by atoms with Crippen LogP contribution in [0.2, 0.25) is 0 Å². The van der Waals surface area contributed by atoms with Gasteiger partial charge in [0.05, 0.1) is 13.2 Å². The summed E-state index contributed by atoms with van der Waals surface area (Å²) in [6.07, 6.45) is 57.0. The molecular weight excluding hydrogens is 865 g/mol. The number of esters is 3. The summed E-state index contributed by atoms with van der Waals surface area (Å²) >= 11 is 0. The van der Waals surface area contributed by atoms with Crippen LogP contribution < -0.4 is 0 Å². The third kappa shape index (κ3) is 60.5. The summed E-state index contributed by atoms with van der Waals surface area (Å²) in [5.74, 6) is -0.832. The van der Waals surface area contributed by atoms with E-state index in [2.05, 4.69) is 20.8 Å². The van der Waals surface area contributed by atoms with Gasteiger partial charge in [0.1, 0.15) is 19.3 Å². The first kappa shape index (κ1) is 69.4. The van der Waals surface area contributed by atoms with Crippen molar-refractivity contribution in [1.82, 2.24) is 0 Å². The van der Waals surface area contributed by atoms with Crippen LogP contribution in [-0.4, -0.2) is 71.9 Å². The molecule has 0 aliphatic heterocycles. The molecule has 0 rings (SSSR count). The molecule has 0 amide bonds. The molecule has 9 heteroatoms. The maximum Gasteiger partial charge on any atom is 0.306 e. The van der Waals surface area contributed by atoms with Gasteiger partial charge in [0, 0.05) is 19.3 Å². The average Bonchev–Trinajstić information content (AvgIpc) is 3.35. The minimum Gasteiger partial charge on any atom is -0.462 e. The van der Waals surface area contributed by atoms with Gasteiger partial charge in [0.25, 0.3) is 0 Å². The van der Waals surface area contributed by atoms with Crippen LogP contribution >= 0.6 is 0 Å². The van der Waals surface area contributed by atoms with Crippen LogP contribution in [-0.2, 0) is 28.6 Å². The molecule has 0 spiro atoms. The molecule has 9 nitrogen and oxygen atoms in total. The third-order valence-corrected chi connectivity index (χ3v) is 13.5. The number of hydrogen-bond acceptors (Lipinski definition) is 9. The normalized spacial score (nSPS) is 11.3. The van der Waals surface area contributed by atoms with Gasteiger partial charge in [-0.3, -0.25) is 14.4 Å². The van der Waals surface area contributed by atoms with Crippen molar-refractivity contribution < 1.29 is 43.9 Å². The number of unbranched alkanes of at least 4 members (excludes halogenated alkanes) is 42. The molecule has 0 fully saturated rings. The maximum absolute atomic E-state index is 12.8. The van der Waals surface area contributed by atoms with Gasteiger partial charge in [-0.2, -0.15) is 0 Å². The van der Waals surface area contributed by atoms with E-state index in [1.807, 2.05) is 0 Å². The van der Waals surface area contributed by atoms with E-state index in [1.54, 1.807) is 0 Å². The van der Waals surface area contributed by atoms with Gasteiger partial charge in [-0.1, -0.05) is 290 Å². The summed E-state index contributed by atoms with van der Waals surface area (Å²) in [5.41, 5.74) is 0. The molecule has 0 saturated heterocycles. The Bertz CT molecular complexity index is 969. The molecule has 0 unspecified atom stereocenters. The first-order chi connectivity index (χ1) is 33.8. The van der Waals surface area contributed by atoms with Crippen LogP contribution in [0.1, 0.15) is 329 Å². The van der Waals surface area contributed by atoms with Crippen molar-refractivity contribution in [3.05, 3.63) is 0 Å². The highest BCUT2D eigenvalue weighted by molar-refractivity contribution is 5.71. The van der Waals surface area contributed by atoms with Gasteiger partial charge >= 0.3 is 17.9 Å². The second-order valence-corrected chi connectivity index (χ2v) is 20.6. The number of carbonyl (C=O) groups excluding carboxylic acids is 3. The van der Waals surface area contributed by atoms with Gasteiger partial charge in [-0.05, 0) is 19.3 Å². The molecule has 69 heavy (non-hydrogen) atoms. The summed E-state index contributed by atoms with van der Waals surface area (Å²) in [6.45, 7) is 5.98. The molecule has 0 aromatic rings. The minimum absolute atomic E-state index is 0.0611. The molecule has 0 heterocycles. The van der Waals surface area contributed by atoms with E-state index >= 15 is 0 Å². The van der Waals surface area contributed by atoms with Crippen molar-refractivity contribution in [3.8, 4) is 0 Å². The quantitative estimate of drug-likeness (QED) is 0.0309. The van der Waals surface area contributed by atoms with Crippen molar-refractivity contribution >= 4 is 17.9 Å². The smallest absolute Gasteiger partial charge is 0.306 e. The highest BCUT2D eigenvalue weighted by atomic mass is 16.6. The highest BCUT2D eigenvalue weighted by Gasteiger charge is 2.19. The zero-order valence-corrected chi connectivity index (χ0v) is 46.2. The Kier molecular flexibility index (Phi) is 60.9. The van der Waals surface area contributed by atoms with Crippen LogP contribution in [0.25, 0.3) is 0 Å². The van der Waals surface area contributed by atoms with Crippen LogP contribution in [0, 0.1) is 0 Å². The highest BCUT2D eigenvalue weighted by Crippen LogP contribution is 2.18. The summed E-state index contributed by atoms with van der Waals surface area (Å²) in [4.78, 5) is 38.1. The molecule has 0 aliphatic carbocycles. The second kappa shape index (κ2) is 60.6. The number of aliphatic hydroxyl groups excluding tert-OH is 3. The lowest BCUT2D eigenvalue weighted by Gasteiger charge is -2.18. The number of hydrogen-bond donors (Lipinski definition) is 3. The average molecular weight is 984 g/mol. The molecule has 0 atom stereocenters. The van der Waals surface area contributed by atoms with E-state index in [1.165, 1.54) is 231 Å². The van der Waals surface area contributed by atoms with E-state index in [0.717, 1.165) is 57.8 Å². The first-order valence-electron chi connectivity index (χ1n) is 30.2. The summed E-state index contributed by atoms with van der Waals surface area (Å²) < 4.78 is 16.9. The van der Waals surface area contributed by atoms with E-state index in [-0.39, 0.29) is 44.3 Å². The Labute approximate surface area is 427 Å². The maximum atomic E-state index is 12.8. The predicted octanol–water partition coefficient (Wildman–Crippen LogP) is 17.1. The second-order valence-electron chi connectivity index (χ2n) is 20.6. The number of rotatable bonds is 55. The molecule has 0 saturated carbocycles. The van der Waals surface area contributed by atoms with Crippen molar-refractivity contribution in [2.45, 2.75) is 341 Å². The fourth-order valence-corrected chi connectivity index (χ4v) is 8.86. The van der Waals surface area contributed by atoms with Crippen LogP contribution in [0.15, 0.2) is 0 Å². The fraction of sp³-hybridized carbons (Fsp3) is 0.950. The van der Waals surface area contributed by atoms with Crippen molar-refractivity contribution in [3.63, 3.8) is 0 Å². The van der Waals surface area contributed by atoms with Gasteiger partial charge < -0.3 is 29.5 Å². The Morgan fingerprint density at radius 3 is 0.681 bits per heavy atom. The number of ether oxygens (including phenoxy) is 3. The first-order valence-corrected chi connectivity index (χ1v) is 30.2. The molecular formula is C60H118O9. The summed E-state index contributed by atoms with van der Waals surface area (Å²) in [5, 5.41) is 24.0. The van der Waals surface area contributed by atoms with E-state index < -0.39 is 12.2 Å². The van der Waals surface area contributed by atoms with Crippen LogP contribution in [0.5, 0.6) is 0 Å². The molecule has 3 N–H and O–H groups in total. The Balaban J connectivity index is 0. The van der Waals surface area contributed by atoms with Gasteiger partial charge in [-0.25, -0.2) is 0 Å². The molecule has 412 valence electrons. The summed E-state index contributed by atoms with van der Waals surface area (Å²) in [7, 11) is 0. The zero-order valence-electron chi connectivity index (χ0n) is 46.2. The monoisotopic (exact) mass is 983 g/mol. The van der Waals surface area contributed by atoms with Gasteiger partial charge in [0.15, 0.2) is 6.10 Å². The van der Waals surface area contributed by atoms with Crippen molar-refractivity contribution in [2.24, 2.45) is 0 Å². The van der Waals surface area contributed by atoms with Crippen LogP contribution in [0.4, 0.5) is 0 Å². The molecule has 0 bridgehead atoms. The minimum atomic E-state index is -0.954. The molecule has 0 radical (unpaired) electrons. The lowest BCUT2D eigenvalue weighted by atomic mass is 10.0. The molecule has 0 aliphatic rings. The molecule has 0 aromatic carbocycles. The van der Waals surface area contributed by atoms with Crippen LogP contribution in [0.3, 0.4) is 0 Å². The fourth-order valence-electron chi connectivity index (χ4n) is 8.86. The Hall–Kier alpha value is -1.71. The lowest BCUT2D eigenvalue weighted by molar-refractivity contribution is -0.167. The third-order valence-electron chi connectivity index (χ3n) is 13.5. The zero-order chi connectivity index (χ0) is 50.8. The van der Waals surface area contributed by atoms with Gasteiger partial charge in [0.2, 0.25) is 0 Å². The van der Waals surface area contributed by atoms with Crippen molar-refractivity contribution in [1.29, 1.82) is 0 Å². The van der Waals surface area contributed by atoms with E-state index in [9.17, 15) is 14.4 Å². The summed E-state index contributed by atoms with van der Waals surface area (Å²) in [6, 6.07) is 0. The largest absolute Gasteiger partial charge is 0.462 e. The molecule has 0 aromatic heterocycles. The van der Waals surface area contributed by atoms with Crippen molar-refractivity contribution in [2.75, 3.05) is 26.4 Å². The standard InChI is InChI=1S/C57H110O6.C3H8O3/c1-4-7-10-13-16-19-22-25-28-31-34-37-40-43-46-49-55(58)61-52-54(63-57(60)51-48-45-42-39-36-33-30-27-24-21-18-15-12-9-6-3)53-62-56(59)50-47-44-41-38-35-32-29-26-23-20-17-14-11-8-5-2;4-1-3(6)2-5/h54H,4-53H2,1-3H3;3-6H,1-2H2.